The summed E-state index contributed by atoms with van der Waals surface area (Å²) in [5.41, 5.74) is 0.288. The van der Waals surface area contributed by atoms with Crippen molar-refractivity contribution in [2.24, 2.45) is 0 Å². The normalized spacial score (nSPS) is 9.97. The molecule has 0 saturated carbocycles. The van der Waals surface area contributed by atoms with Crippen LogP contribution in [0.2, 0.25) is 0 Å². The molecule has 10 nitrogen and oxygen atoms in total. The molecule has 0 aromatic heterocycles. The Kier molecular flexibility index (Phi) is 7.80. The van der Waals surface area contributed by atoms with Crippen molar-refractivity contribution in [1.29, 1.82) is 5.26 Å². The molecule has 0 aliphatic rings. The van der Waals surface area contributed by atoms with Gasteiger partial charge in [0.25, 0.3) is 17.5 Å². The standard InChI is InChI=1S/C21H20N4O6/c1-24(21(28)15-7-5-14(13-22)6-8-15)17-10-9-16(12-18(17)25(29)30)20(27)23-11-3-4-19(26)31-2/h5-10,12H,3-4,11H2,1-2H3,(H,23,27). The van der Waals surface area contributed by atoms with Crippen LogP contribution >= 0.6 is 0 Å². The van der Waals surface area contributed by atoms with Crippen molar-refractivity contribution in [3.8, 4) is 6.07 Å². The maximum atomic E-state index is 12.7. The third-order valence-corrected chi connectivity index (χ3v) is 4.43. The molecule has 0 aliphatic heterocycles. The molecule has 0 atom stereocenters. The van der Waals surface area contributed by atoms with Crippen molar-refractivity contribution in [3.63, 3.8) is 0 Å². The first-order chi connectivity index (χ1) is 14.8. The average Bonchev–Trinajstić information content (AvgIpc) is 2.80. The number of nitrogens with one attached hydrogen (secondary N) is 1. The van der Waals surface area contributed by atoms with Gasteiger partial charge in [-0.2, -0.15) is 5.26 Å². The second-order valence-electron chi connectivity index (χ2n) is 6.45. The average molecular weight is 424 g/mol. The highest BCUT2D eigenvalue weighted by Crippen LogP contribution is 2.29. The minimum atomic E-state index is -0.675. The van der Waals surface area contributed by atoms with E-state index in [4.69, 9.17) is 5.26 Å². The number of benzene rings is 2. The highest BCUT2D eigenvalue weighted by molar-refractivity contribution is 6.07. The molecule has 2 aromatic carbocycles. The van der Waals surface area contributed by atoms with E-state index in [1.807, 2.05) is 6.07 Å². The highest BCUT2D eigenvalue weighted by atomic mass is 16.6. The summed E-state index contributed by atoms with van der Waals surface area (Å²) in [7, 11) is 2.65. The second kappa shape index (κ2) is 10.5. The minimum Gasteiger partial charge on any atom is -0.469 e. The van der Waals surface area contributed by atoms with Gasteiger partial charge in [0, 0.05) is 37.2 Å². The first kappa shape index (κ1) is 23.0. The van der Waals surface area contributed by atoms with Gasteiger partial charge in [0.15, 0.2) is 0 Å². The van der Waals surface area contributed by atoms with E-state index in [0.29, 0.717) is 12.0 Å². The van der Waals surface area contributed by atoms with E-state index in [2.05, 4.69) is 10.1 Å². The van der Waals surface area contributed by atoms with E-state index in [1.54, 1.807) is 0 Å². The SMILES string of the molecule is COC(=O)CCCNC(=O)c1ccc(N(C)C(=O)c2ccc(C#N)cc2)c([N+](=O)[O-])c1. The Morgan fingerprint density at radius 3 is 2.39 bits per heavy atom. The number of hydrogen-bond donors (Lipinski definition) is 1. The lowest BCUT2D eigenvalue weighted by molar-refractivity contribution is -0.384. The van der Waals surface area contributed by atoms with Crippen molar-refractivity contribution in [2.75, 3.05) is 25.6 Å². The molecule has 10 heteroatoms. The molecule has 0 aliphatic carbocycles. The second-order valence-corrected chi connectivity index (χ2v) is 6.45. The van der Waals surface area contributed by atoms with Crippen LogP contribution in [0.15, 0.2) is 42.5 Å². The molecule has 0 saturated heterocycles. The van der Waals surface area contributed by atoms with Crippen LogP contribution in [0.25, 0.3) is 0 Å². The Bertz CT molecular complexity index is 1040. The summed E-state index contributed by atoms with van der Waals surface area (Å²) in [6.45, 7) is 0.195. The number of ether oxygens (including phenoxy) is 1. The van der Waals surface area contributed by atoms with Gasteiger partial charge in [-0.15, -0.1) is 0 Å². The third-order valence-electron chi connectivity index (χ3n) is 4.43. The van der Waals surface area contributed by atoms with Crippen LogP contribution in [0, 0.1) is 21.4 Å². The number of rotatable bonds is 8. The van der Waals surface area contributed by atoms with Gasteiger partial charge in [-0.05, 0) is 42.8 Å². The molecule has 0 heterocycles. The smallest absolute Gasteiger partial charge is 0.305 e. The zero-order chi connectivity index (χ0) is 23.0. The number of anilines is 1. The van der Waals surface area contributed by atoms with Crippen molar-refractivity contribution < 1.29 is 24.0 Å². The van der Waals surface area contributed by atoms with Gasteiger partial charge in [-0.3, -0.25) is 24.5 Å². The first-order valence-electron chi connectivity index (χ1n) is 9.20. The molecule has 0 spiro atoms. The van der Waals surface area contributed by atoms with Gasteiger partial charge in [0.1, 0.15) is 5.69 Å². The molecule has 0 radical (unpaired) electrons. The number of nitro groups is 1. The van der Waals surface area contributed by atoms with E-state index in [0.717, 1.165) is 11.0 Å². The van der Waals surface area contributed by atoms with Crippen molar-refractivity contribution in [3.05, 3.63) is 69.3 Å². The zero-order valence-electron chi connectivity index (χ0n) is 17.0. The van der Waals surface area contributed by atoms with Crippen LogP contribution in [-0.4, -0.2) is 43.4 Å². The summed E-state index contributed by atoms with van der Waals surface area (Å²) in [5, 5.41) is 23.0. The van der Waals surface area contributed by atoms with Crippen LogP contribution in [0.5, 0.6) is 0 Å². The lowest BCUT2D eigenvalue weighted by Crippen LogP contribution is -2.28. The third kappa shape index (κ3) is 5.86. The van der Waals surface area contributed by atoms with Gasteiger partial charge in [-0.25, -0.2) is 0 Å². The van der Waals surface area contributed by atoms with Crippen LogP contribution in [-0.2, 0) is 9.53 Å². The summed E-state index contributed by atoms with van der Waals surface area (Å²) in [4.78, 5) is 48.0. The minimum absolute atomic E-state index is 0.0154. The fourth-order valence-corrected chi connectivity index (χ4v) is 2.72. The molecule has 31 heavy (non-hydrogen) atoms. The fraction of sp³-hybridized carbons (Fsp3) is 0.238. The van der Waals surface area contributed by atoms with E-state index >= 15 is 0 Å². The molecule has 0 bridgehead atoms. The van der Waals surface area contributed by atoms with E-state index in [9.17, 15) is 24.5 Å². The maximum Gasteiger partial charge on any atom is 0.305 e. The number of nitriles is 1. The van der Waals surface area contributed by atoms with Gasteiger partial charge < -0.3 is 15.0 Å². The number of nitrogens with zero attached hydrogens (tertiary/aromatic N) is 3. The predicted molar refractivity (Wildman–Crippen MR) is 111 cm³/mol. The molecular weight excluding hydrogens is 404 g/mol. The number of nitro benzene ring substituents is 1. The summed E-state index contributed by atoms with van der Waals surface area (Å²) < 4.78 is 4.51. The predicted octanol–water partition coefficient (Wildman–Crippen LogP) is 2.43. The number of hydrogen-bond acceptors (Lipinski definition) is 7. The molecule has 1 N–H and O–H groups in total. The monoisotopic (exact) mass is 424 g/mol. The lowest BCUT2D eigenvalue weighted by Gasteiger charge is -2.18. The molecule has 160 valence electrons. The molecule has 2 aromatic rings. The molecule has 2 rings (SSSR count). The van der Waals surface area contributed by atoms with Crippen molar-refractivity contribution in [1.82, 2.24) is 5.32 Å². The van der Waals surface area contributed by atoms with Crippen LogP contribution in [0.1, 0.15) is 39.1 Å². The maximum absolute atomic E-state index is 12.7. The Labute approximate surface area is 178 Å². The quantitative estimate of drug-likeness (QED) is 0.297. The Balaban J connectivity index is 2.18. The first-order valence-corrected chi connectivity index (χ1v) is 9.20. The molecule has 2 amide bonds. The Morgan fingerprint density at radius 1 is 1.16 bits per heavy atom. The molecule has 0 unspecified atom stereocenters. The summed E-state index contributed by atoms with van der Waals surface area (Å²) in [6.07, 6.45) is 0.499. The van der Waals surface area contributed by atoms with E-state index in [-0.39, 0.29) is 29.8 Å². The van der Waals surface area contributed by atoms with Gasteiger partial charge in [-0.1, -0.05) is 0 Å². The fourth-order valence-electron chi connectivity index (χ4n) is 2.72. The highest BCUT2D eigenvalue weighted by Gasteiger charge is 2.24. The van der Waals surface area contributed by atoms with E-state index in [1.165, 1.54) is 50.6 Å². The largest absolute Gasteiger partial charge is 0.469 e. The Hall–Kier alpha value is -4.26. The van der Waals surface area contributed by atoms with Gasteiger partial charge in [0.05, 0.1) is 23.7 Å². The van der Waals surface area contributed by atoms with Crippen molar-refractivity contribution in [2.45, 2.75) is 12.8 Å². The number of carbonyl (C=O) groups is 3. The number of carbonyl (C=O) groups excluding carboxylic acids is 3. The molecule has 0 fully saturated rings. The number of amides is 2. The lowest BCUT2D eigenvalue weighted by atomic mass is 10.1. The van der Waals surface area contributed by atoms with Gasteiger partial charge >= 0.3 is 5.97 Å². The van der Waals surface area contributed by atoms with E-state index < -0.39 is 28.4 Å². The van der Waals surface area contributed by atoms with Gasteiger partial charge in [0.2, 0.25) is 0 Å². The number of methoxy groups -OCH3 is 1. The summed E-state index contributed by atoms with van der Waals surface area (Å²) >= 11 is 0. The van der Waals surface area contributed by atoms with Crippen LogP contribution in [0.3, 0.4) is 0 Å². The van der Waals surface area contributed by atoms with Crippen LogP contribution < -0.4 is 10.2 Å². The summed E-state index contributed by atoms with van der Waals surface area (Å²) in [6, 6.07) is 11.6. The summed E-state index contributed by atoms with van der Waals surface area (Å²) in [5.74, 6) is -1.45. The number of esters is 1. The molecular formula is C21H20N4O6. The Morgan fingerprint density at radius 2 is 1.81 bits per heavy atom. The van der Waals surface area contributed by atoms with Crippen molar-refractivity contribution >= 4 is 29.2 Å². The van der Waals surface area contributed by atoms with Crippen LogP contribution in [0.4, 0.5) is 11.4 Å². The topological polar surface area (TPSA) is 143 Å². The zero-order valence-corrected chi connectivity index (χ0v) is 17.0.